The number of carbonyl (C=O) groups is 1. The van der Waals surface area contributed by atoms with Gasteiger partial charge in [0.15, 0.2) is 0 Å². The molecule has 1 fully saturated rings. The minimum Gasteiger partial charge on any atom is -0.384 e. The molecule has 0 radical (unpaired) electrons. The van der Waals surface area contributed by atoms with E-state index in [4.69, 9.17) is 4.74 Å². The Hall–Kier alpha value is -0.370. The van der Waals surface area contributed by atoms with Gasteiger partial charge in [0, 0.05) is 18.9 Å². The first-order valence-electron chi connectivity index (χ1n) is 3.76. The van der Waals surface area contributed by atoms with Crippen LogP contribution in [0.3, 0.4) is 0 Å². The zero-order chi connectivity index (χ0) is 7.45. The van der Waals surface area contributed by atoms with E-state index in [9.17, 15) is 4.79 Å². The Morgan fingerprint density at radius 1 is 1.60 bits per heavy atom. The first kappa shape index (κ1) is 7.73. The summed E-state index contributed by atoms with van der Waals surface area (Å²) in [7, 11) is 1.70. The Morgan fingerprint density at radius 2 is 2.30 bits per heavy atom. The van der Waals surface area contributed by atoms with Crippen molar-refractivity contribution in [3.63, 3.8) is 0 Å². The van der Waals surface area contributed by atoms with Crippen molar-refractivity contribution in [2.75, 3.05) is 13.7 Å². The lowest BCUT2D eigenvalue weighted by molar-refractivity contribution is -0.112. The third kappa shape index (κ3) is 1.37. The fourth-order valence-corrected chi connectivity index (χ4v) is 1.57. The van der Waals surface area contributed by atoms with Crippen molar-refractivity contribution in [1.82, 2.24) is 0 Å². The van der Waals surface area contributed by atoms with E-state index < -0.39 is 0 Å². The highest BCUT2D eigenvalue weighted by Gasteiger charge is 2.36. The molecule has 0 aromatic carbocycles. The molecule has 0 saturated heterocycles. The van der Waals surface area contributed by atoms with Gasteiger partial charge in [-0.25, -0.2) is 0 Å². The van der Waals surface area contributed by atoms with Crippen molar-refractivity contribution in [2.45, 2.75) is 25.7 Å². The Bertz CT molecular complexity index is 116. The molecule has 10 heavy (non-hydrogen) atoms. The van der Waals surface area contributed by atoms with Crippen molar-refractivity contribution in [2.24, 2.45) is 5.41 Å². The SMILES string of the molecule is COCC1(CC=O)CCC1. The number of hydrogen-bond donors (Lipinski definition) is 0. The van der Waals surface area contributed by atoms with Gasteiger partial charge in [-0.3, -0.25) is 0 Å². The molecule has 0 atom stereocenters. The van der Waals surface area contributed by atoms with E-state index in [-0.39, 0.29) is 5.41 Å². The fraction of sp³-hybridized carbons (Fsp3) is 0.875. The van der Waals surface area contributed by atoms with E-state index in [1.165, 1.54) is 19.3 Å². The van der Waals surface area contributed by atoms with Crippen LogP contribution in [0.4, 0.5) is 0 Å². The molecule has 0 aromatic rings. The lowest BCUT2D eigenvalue weighted by atomic mass is 9.67. The molecule has 1 rings (SSSR count). The number of methoxy groups -OCH3 is 1. The molecule has 0 aliphatic heterocycles. The molecule has 0 unspecified atom stereocenters. The quantitative estimate of drug-likeness (QED) is 0.554. The maximum atomic E-state index is 10.2. The smallest absolute Gasteiger partial charge is 0.120 e. The number of aldehydes is 1. The van der Waals surface area contributed by atoms with Gasteiger partial charge in [-0.1, -0.05) is 6.42 Å². The van der Waals surface area contributed by atoms with Gasteiger partial charge in [0.1, 0.15) is 6.29 Å². The second-order valence-corrected chi connectivity index (χ2v) is 3.16. The predicted molar refractivity (Wildman–Crippen MR) is 38.8 cm³/mol. The van der Waals surface area contributed by atoms with E-state index in [0.29, 0.717) is 6.42 Å². The molecule has 1 saturated carbocycles. The average Bonchev–Trinajstić information content (AvgIpc) is 1.84. The summed E-state index contributed by atoms with van der Waals surface area (Å²) >= 11 is 0. The highest BCUT2D eigenvalue weighted by molar-refractivity contribution is 5.51. The first-order chi connectivity index (χ1) is 4.83. The van der Waals surface area contributed by atoms with Crippen LogP contribution in [0.2, 0.25) is 0 Å². The molecule has 0 N–H and O–H groups in total. The van der Waals surface area contributed by atoms with Crippen LogP contribution in [0.5, 0.6) is 0 Å². The molecule has 0 amide bonds. The topological polar surface area (TPSA) is 26.3 Å². The third-order valence-electron chi connectivity index (χ3n) is 2.38. The molecule has 2 nitrogen and oxygen atoms in total. The summed E-state index contributed by atoms with van der Waals surface area (Å²) < 4.78 is 5.04. The molecule has 2 heteroatoms. The lowest BCUT2D eigenvalue weighted by Gasteiger charge is -2.39. The van der Waals surface area contributed by atoms with Crippen molar-refractivity contribution in [3.8, 4) is 0 Å². The van der Waals surface area contributed by atoms with E-state index in [0.717, 1.165) is 12.9 Å². The summed E-state index contributed by atoms with van der Waals surface area (Å²) in [6.45, 7) is 0.756. The van der Waals surface area contributed by atoms with Gasteiger partial charge < -0.3 is 9.53 Å². The number of ether oxygens (including phenoxy) is 1. The zero-order valence-corrected chi connectivity index (χ0v) is 6.43. The van der Waals surface area contributed by atoms with Crippen LogP contribution < -0.4 is 0 Å². The highest BCUT2D eigenvalue weighted by Crippen LogP contribution is 2.43. The maximum absolute atomic E-state index is 10.2. The lowest BCUT2D eigenvalue weighted by Crippen LogP contribution is -2.34. The van der Waals surface area contributed by atoms with Gasteiger partial charge in [0.05, 0.1) is 6.61 Å². The van der Waals surface area contributed by atoms with Crippen molar-refractivity contribution >= 4 is 6.29 Å². The Labute approximate surface area is 61.6 Å². The van der Waals surface area contributed by atoms with Gasteiger partial charge in [-0.15, -0.1) is 0 Å². The summed E-state index contributed by atoms with van der Waals surface area (Å²) in [5.74, 6) is 0. The zero-order valence-electron chi connectivity index (χ0n) is 6.43. The summed E-state index contributed by atoms with van der Waals surface area (Å²) in [6, 6.07) is 0. The minimum absolute atomic E-state index is 0.233. The second-order valence-electron chi connectivity index (χ2n) is 3.16. The third-order valence-corrected chi connectivity index (χ3v) is 2.38. The van der Waals surface area contributed by atoms with Gasteiger partial charge in [-0.2, -0.15) is 0 Å². The molecule has 0 bridgehead atoms. The summed E-state index contributed by atoms with van der Waals surface area (Å²) in [4.78, 5) is 10.2. The monoisotopic (exact) mass is 142 g/mol. The molecule has 0 heterocycles. The van der Waals surface area contributed by atoms with Gasteiger partial charge in [0.2, 0.25) is 0 Å². The maximum Gasteiger partial charge on any atom is 0.120 e. The fourth-order valence-electron chi connectivity index (χ4n) is 1.57. The van der Waals surface area contributed by atoms with Gasteiger partial charge in [0.25, 0.3) is 0 Å². The summed E-state index contributed by atoms with van der Waals surface area (Å²) in [5, 5.41) is 0. The van der Waals surface area contributed by atoms with E-state index in [2.05, 4.69) is 0 Å². The van der Waals surface area contributed by atoms with Gasteiger partial charge in [-0.05, 0) is 12.8 Å². The van der Waals surface area contributed by atoms with Crippen molar-refractivity contribution in [3.05, 3.63) is 0 Å². The van der Waals surface area contributed by atoms with Crippen molar-refractivity contribution in [1.29, 1.82) is 0 Å². The predicted octanol–water partition coefficient (Wildman–Crippen LogP) is 1.39. The molecular formula is C8H14O2. The average molecular weight is 142 g/mol. The molecule has 1 aliphatic rings. The first-order valence-corrected chi connectivity index (χ1v) is 3.76. The Balaban J connectivity index is 2.34. The number of carbonyl (C=O) groups excluding carboxylic acids is 1. The van der Waals surface area contributed by atoms with Gasteiger partial charge >= 0.3 is 0 Å². The molecular weight excluding hydrogens is 128 g/mol. The van der Waals surface area contributed by atoms with E-state index in [1.54, 1.807) is 7.11 Å². The molecule has 0 aromatic heterocycles. The Kier molecular flexibility index (Phi) is 2.44. The standard InChI is InChI=1S/C8H14O2/c1-10-7-8(5-6-9)3-2-4-8/h6H,2-5,7H2,1H3. The van der Waals surface area contributed by atoms with E-state index >= 15 is 0 Å². The normalized spacial score (nSPS) is 21.7. The summed E-state index contributed by atoms with van der Waals surface area (Å²) in [6.07, 6.45) is 5.29. The van der Waals surface area contributed by atoms with Crippen LogP contribution in [0.25, 0.3) is 0 Å². The van der Waals surface area contributed by atoms with Crippen LogP contribution in [0.1, 0.15) is 25.7 Å². The summed E-state index contributed by atoms with van der Waals surface area (Å²) in [5.41, 5.74) is 0.233. The van der Waals surface area contributed by atoms with Crippen LogP contribution >= 0.6 is 0 Å². The van der Waals surface area contributed by atoms with Crippen LogP contribution in [0, 0.1) is 5.41 Å². The minimum atomic E-state index is 0.233. The van der Waals surface area contributed by atoms with Crippen LogP contribution in [-0.2, 0) is 9.53 Å². The highest BCUT2D eigenvalue weighted by atomic mass is 16.5. The largest absolute Gasteiger partial charge is 0.384 e. The molecule has 1 aliphatic carbocycles. The molecule has 58 valence electrons. The number of hydrogen-bond acceptors (Lipinski definition) is 2. The van der Waals surface area contributed by atoms with Crippen LogP contribution in [0.15, 0.2) is 0 Å². The Morgan fingerprint density at radius 3 is 2.60 bits per heavy atom. The number of rotatable bonds is 4. The van der Waals surface area contributed by atoms with E-state index in [1.807, 2.05) is 0 Å². The van der Waals surface area contributed by atoms with Crippen molar-refractivity contribution < 1.29 is 9.53 Å². The second kappa shape index (κ2) is 3.15. The molecule has 0 spiro atoms. The van der Waals surface area contributed by atoms with Crippen LogP contribution in [-0.4, -0.2) is 20.0 Å².